The van der Waals surface area contributed by atoms with Crippen molar-refractivity contribution in [3.63, 3.8) is 0 Å². The fraction of sp³-hybridized carbons (Fsp3) is 0.417. The maximum atomic E-state index is 11.5. The summed E-state index contributed by atoms with van der Waals surface area (Å²) in [5.74, 6) is -0.404. The molecule has 5 N–H and O–H groups in total. The molecule has 1 heterocycles. The lowest BCUT2D eigenvalue weighted by Gasteiger charge is -2.04. The predicted octanol–water partition coefficient (Wildman–Crippen LogP) is -0.0219. The fourth-order valence-electron chi connectivity index (χ4n) is 1.42. The number of hydrogen-bond acceptors (Lipinski definition) is 4. The van der Waals surface area contributed by atoms with Crippen LogP contribution in [0.25, 0.3) is 0 Å². The molecule has 0 saturated carbocycles. The molecule has 0 bridgehead atoms. The zero-order chi connectivity index (χ0) is 13.4. The van der Waals surface area contributed by atoms with E-state index >= 15 is 0 Å². The molecule has 1 rings (SSSR count). The molecule has 1 aromatic heterocycles. The van der Waals surface area contributed by atoms with E-state index in [4.69, 9.17) is 11.5 Å². The Bertz CT molecular complexity index is 403. The Hall–Kier alpha value is -2.11. The molecular weight excluding hydrogens is 232 g/mol. The minimum atomic E-state index is -0.313. The number of hydrogen-bond donors (Lipinski definition) is 3. The zero-order valence-electron chi connectivity index (χ0n) is 10.2. The highest BCUT2D eigenvalue weighted by Crippen LogP contribution is 2.01. The molecule has 98 valence electrons. The number of rotatable bonds is 7. The second-order valence-corrected chi connectivity index (χ2v) is 4.03. The lowest BCUT2D eigenvalue weighted by Crippen LogP contribution is -2.26. The van der Waals surface area contributed by atoms with Crippen LogP contribution >= 0.6 is 0 Å². The Morgan fingerprint density at radius 1 is 1.28 bits per heavy atom. The number of nitrogens with zero attached hydrogens (tertiary/aromatic N) is 1. The third-order valence-electron chi connectivity index (χ3n) is 2.36. The van der Waals surface area contributed by atoms with Gasteiger partial charge in [-0.05, 0) is 25.0 Å². The zero-order valence-corrected chi connectivity index (χ0v) is 10.2. The molecule has 1 aromatic rings. The largest absolute Gasteiger partial charge is 0.397 e. The first-order valence-electron chi connectivity index (χ1n) is 5.83. The third kappa shape index (κ3) is 5.83. The molecule has 0 aliphatic carbocycles. The van der Waals surface area contributed by atoms with Crippen LogP contribution in [0, 0.1) is 0 Å². The minimum Gasteiger partial charge on any atom is -0.397 e. The molecule has 0 aliphatic heterocycles. The van der Waals surface area contributed by atoms with Crippen LogP contribution < -0.4 is 16.8 Å². The maximum Gasteiger partial charge on any atom is 0.226 e. The number of pyridine rings is 1. The van der Waals surface area contributed by atoms with Crippen molar-refractivity contribution in [1.82, 2.24) is 10.3 Å². The molecule has 2 amide bonds. The van der Waals surface area contributed by atoms with E-state index in [-0.39, 0.29) is 18.2 Å². The summed E-state index contributed by atoms with van der Waals surface area (Å²) < 4.78 is 0. The van der Waals surface area contributed by atoms with Gasteiger partial charge in [0.15, 0.2) is 0 Å². The van der Waals surface area contributed by atoms with Crippen LogP contribution in [-0.4, -0.2) is 23.3 Å². The highest BCUT2D eigenvalue weighted by Gasteiger charge is 2.03. The summed E-state index contributed by atoms with van der Waals surface area (Å²) in [6.45, 7) is 0.543. The summed E-state index contributed by atoms with van der Waals surface area (Å²) in [6.07, 6.45) is 3.54. The van der Waals surface area contributed by atoms with Gasteiger partial charge in [-0.3, -0.25) is 14.6 Å². The van der Waals surface area contributed by atoms with E-state index in [1.807, 2.05) is 0 Å². The number of amides is 2. The summed E-state index contributed by atoms with van der Waals surface area (Å²) in [4.78, 5) is 26.0. The van der Waals surface area contributed by atoms with Crippen molar-refractivity contribution in [2.75, 3.05) is 12.3 Å². The van der Waals surface area contributed by atoms with E-state index in [0.717, 1.165) is 6.42 Å². The van der Waals surface area contributed by atoms with Crippen molar-refractivity contribution in [2.45, 2.75) is 25.7 Å². The number of nitrogens with one attached hydrogen (secondary N) is 1. The maximum absolute atomic E-state index is 11.5. The van der Waals surface area contributed by atoms with Crippen LogP contribution in [0.3, 0.4) is 0 Å². The number of anilines is 1. The molecule has 0 unspecified atom stereocenters. The summed E-state index contributed by atoms with van der Waals surface area (Å²) >= 11 is 0. The molecular formula is C12H18N4O2. The first kappa shape index (κ1) is 14.0. The van der Waals surface area contributed by atoms with Gasteiger partial charge in [-0.15, -0.1) is 0 Å². The van der Waals surface area contributed by atoms with Crippen LogP contribution in [-0.2, 0) is 16.0 Å². The lowest BCUT2D eigenvalue weighted by molar-refractivity contribution is -0.120. The van der Waals surface area contributed by atoms with Crippen LogP contribution in [0.2, 0.25) is 0 Å². The molecule has 0 fully saturated rings. The summed E-state index contributed by atoms with van der Waals surface area (Å²) in [5, 5.41) is 2.76. The first-order chi connectivity index (χ1) is 8.58. The number of carbonyl (C=O) groups is 2. The standard InChI is InChI=1S/C12H18N4O2/c13-9-4-5-10(16-8-9)7-12(18)15-6-2-1-3-11(14)17/h4-5,8H,1-3,6-7,13H2,(H2,14,17)(H,15,18). The molecule has 0 radical (unpaired) electrons. The number of nitrogens with two attached hydrogens (primary N) is 2. The Kier molecular flexibility index (Phi) is 5.63. The average Bonchev–Trinajstić information content (AvgIpc) is 2.31. The second kappa shape index (κ2) is 7.26. The van der Waals surface area contributed by atoms with Crippen LogP contribution in [0.4, 0.5) is 5.69 Å². The van der Waals surface area contributed by atoms with Crippen molar-refractivity contribution in [1.29, 1.82) is 0 Å². The molecule has 0 aromatic carbocycles. The van der Waals surface area contributed by atoms with Gasteiger partial charge < -0.3 is 16.8 Å². The summed E-state index contributed by atoms with van der Waals surface area (Å²) in [6, 6.07) is 3.43. The van der Waals surface area contributed by atoms with Crippen molar-refractivity contribution < 1.29 is 9.59 Å². The number of primary amides is 1. The Morgan fingerprint density at radius 3 is 2.67 bits per heavy atom. The highest BCUT2D eigenvalue weighted by atomic mass is 16.1. The normalized spacial score (nSPS) is 10.0. The summed E-state index contributed by atoms with van der Waals surface area (Å²) in [7, 11) is 0. The Morgan fingerprint density at radius 2 is 2.06 bits per heavy atom. The van der Waals surface area contributed by atoms with E-state index in [2.05, 4.69) is 10.3 Å². The summed E-state index contributed by atoms with van der Waals surface area (Å²) in [5.41, 5.74) is 11.8. The molecule has 0 saturated heterocycles. The molecule has 6 nitrogen and oxygen atoms in total. The van der Waals surface area contributed by atoms with Gasteiger partial charge in [0.2, 0.25) is 11.8 Å². The van der Waals surface area contributed by atoms with Gasteiger partial charge in [0.05, 0.1) is 18.3 Å². The molecule has 18 heavy (non-hydrogen) atoms. The predicted molar refractivity (Wildman–Crippen MR) is 68.4 cm³/mol. The van der Waals surface area contributed by atoms with E-state index in [0.29, 0.717) is 30.8 Å². The van der Waals surface area contributed by atoms with Gasteiger partial charge in [0.1, 0.15) is 0 Å². The number of nitrogen functional groups attached to an aromatic ring is 1. The van der Waals surface area contributed by atoms with Crippen molar-refractivity contribution in [3.05, 3.63) is 24.0 Å². The van der Waals surface area contributed by atoms with Crippen LogP contribution in [0.5, 0.6) is 0 Å². The first-order valence-corrected chi connectivity index (χ1v) is 5.83. The van der Waals surface area contributed by atoms with Gasteiger partial charge in [-0.2, -0.15) is 0 Å². The van der Waals surface area contributed by atoms with E-state index in [1.165, 1.54) is 6.20 Å². The van der Waals surface area contributed by atoms with E-state index in [1.54, 1.807) is 12.1 Å². The van der Waals surface area contributed by atoms with Gasteiger partial charge in [0.25, 0.3) is 0 Å². The van der Waals surface area contributed by atoms with Crippen molar-refractivity contribution >= 4 is 17.5 Å². The second-order valence-electron chi connectivity index (χ2n) is 4.03. The average molecular weight is 250 g/mol. The fourth-order valence-corrected chi connectivity index (χ4v) is 1.42. The molecule has 0 aliphatic rings. The van der Waals surface area contributed by atoms with E-state index < -0.39 is 0 Å². The van der Waals surface area contributed by atoms with Crippen LogP contribution in [0.1, 0.15) is 25.0 Å². The topological polar surface area (TPSA) is 111 Å². The third-order valence-corrected chi connectivity index (χ3v) is 2.36. The van der Waals surface area contributed by atoms with Crippen molar-refractivity contribution in [2.24, 2.45) is 5.73 Å². The smallest absolute Gasteiger partial charge is 0.226 e. The quantitative estimate of drug-likeness (QED) is 0.590. The number of aromatic nitrogens is 1. The number of unbranched alkanes of at least 4 members (excludes halogenated alkanes) is 1. The van der Waals surface area contributed by atoms with Gasteiger partial charge in [-0.25, -0.2) is 0 Å². The van der Waals surface area contributed by atoms with Crippen molar-refractivity contribution in [3.8, 4) is 0 Å². The monoisotopic (exact) mass is 250 g/mol. The molecule has 6 heteroatoms. The van der Waals surface area contributed by atoms with Gasteiger partial charge >= 0.3 is 0 Å². The SMILES string of the molecule is NC(=O)CCCCNC(=O)Cc1ccc(N)cn1. The van der Waals surface area contributed by atoms with Crippen LogP contribution in [0.15, 0.2) is 18.3 Å². The number of carbonyl (C=O) groups excluding carboxylic acids is 2. The lowest BCUT2D eigenvalue weighted by atomic mass is 10.2. The van der Waals surface area contributed by atoms with Gasteiger partial charge in [-0.1, -0.05) is 0 Å². The molecule has 0 spiro atoms. The Labute approximate surface area is 106 Å². The highest BCUT2D eigenvalue weighted by molar-refractivity contribution is 5.78. The van der Waals surface area contributed by atoms with E-state index in [9.17, 15) is 9.59 Å². The Balaban J connectivity index is 2.17. The minimum absolute atomic E-state index is 0.0913. The van der Waals surface area contributed by atoms with Gasteiger partial charge in [0, 0.05) is 18.7 Å². The molecule has 0 atom stereocenters.